The maximum atomic E-state index is 13.3. The summed E-state index contributed by atoms with van der Waals surface area (Å²) in [5.41, 5.74) is 15.0. The van der Waals surface area contributed by atoms with Crippen molar-refractivity contribution >= 4 is 11.6 Å². The van der Waals surface area contributed by atoms with E-state index in [1.807, 2.05) is 30.3 Å². The summed E-state index contributed by atoms with van der Waals surface area (Å²) >= 11 is 0. The first-order chi connectivity index (χ1) is 16.7. The first-order valence-corrected chi connectivity index (χ1v) is 10.9. The molecule has 2 heterocycles. The van der Waals surface area contributed by atoms with E-state index in [2.05, 4.69) is 15.3 Å². The molecule has 2 aromatic heterocycles. The Labute approximate surface area is 199 Å². The molecule has 0 aliphatic rings. The highest BCUT2D eigenvalue weighted by Crippen LogP contribution is 2.35. The number of hydrogen-bond donors (Lipinski definition) is 3. The Morgan fingerprint density at radius 3 is 2.17 bits per heavy atom. The summed E-state index contributed by atoms with van der Waals surface area (Å²) in [5.74, 6) is 0.249. The number of halogens is 4. The van der Waals surface area contributed by atoms with Crippen molar-refractivity contribution in [3.63, 3.8) is 0 Å². The van der Waals surface area contributed by atoms with Crippen LogP contribution >= 0.6 is 0 Å². The van der Waals surface area contributed by atoms with Crippen molar-refractivity contribution in [2.24, 2.45) is 5.73 Å². The summed E-state index contributed by atoms with van der Waals surface area (Å²) in [7, 11) is 0. The summed E-state index contributed by atoms with van der Waals surface area (Å²) in [5, 5.41) is 3.10. The van der Waals surface area contributed by atoms with Gasteiger partial charge in [0.25, 0.3) is 0 Å². The maximum absolute atomic E-state index is 13.3. The van der Waals surface area contributed by atoms with E-state index in [4.69, 9.17) is 11.5 Å². The monoisotopic (exact) mass is 481 g/mol. The Hall–Kier alpha value is -3.98. The number of nitrogens with zero attached hydrogens (tertiary/aromatic N) is 2. The van der Waals surface area contributed by atoms with Crippen LogP contribution in [-0.4, -0.2) is 16.5 Å². The van der Waals surface area contributed by atoms with E-state index in [1.165, 1.54) is 24.3 Å². The van der Waals surface area contributed by atoms with Crippen molar-refractivity contribution in [3.05, 3.63) is 95.6 Å². The smallest absolute Gasteiger partial charge is 0.383 e. The minimum Gasteiger partial charge on any atom is -0.383 e. The van der Waals surface area contributed by atoms with Crippen LogP contribution in [0.1, 0.15) is 16.7 Å². The van der Waals surface area contributed by atoms with Gasteiger partial charge >= 0.3 is 6.18 Å². The number of rotatable bonds is 7. The normalized spacial score (nSPS) is 11.5. The van der Waals surface area contributed by atoms with Gasteiger partial charge in [0, 0.05) is 30.1 Å². The molecule has 4 aromatic rings. The van der Waals surface area contributed by atoms with Gasteiger partial charge in [-0.05, 0) is 59.5 Å². The zero-order valence-electron chi connectivity index (χ0n) is 18.6. The fourth-order valence-corrected chi connectivity index (χ4v) is 3.65. The molecule has 0 saturated heterocycles. The lowest BCUT2D eigenvalue weighted by Crippen LogP contribution is -2.09. The number of aromatic nitrogens is 2. The Morgan fingerprint density at radius 1 is 0.829 bits per heavy atom. The molecule has 4 rings (SSSR count). The zero-order chi connectivity index (χ0) is 25.0. The van der Waals surface area contributed by atoms with E-state index in [0.29, 0.717) is 30.9 Å². The molecule has 0 spiro atoms. The zero-order valence-corrected chi connectivity index (χ0v) is 18.6. The van der Waals surface area contributed by atoms with E-state index in [-0.39, 0.29) is 11.4 Å². The van der Waals surface area contributed by atoms with Gasteiger partial charge in [-0.1, -0.05) is 36.4 Å². The van der Waals surface area contributed by atoms with E-state index in [9.17, 15) is 17.6 Å². The van der Waals surface area contributed by atoms with Crippen molar-refractivity contribution in [2.75, 3.05) is 17.6 Å². The van der Waals surface area contributed by atoms with E-state index in [0.717, 1.165) is 34.5 Å². The van der Waals surface area contributed by atoms with Crippen molar-refractivity contribution < 1.29 is 17.6 Å². The molecular weight excluding hydrogens is 458 g/mol. The number of nitrogen functional groups attached to an aromatic ring is 1. The number of hydrogen-bond acceptors (Lipinski definition) is 5. The number of anilines is 2. The van der Waals surface area contributed by atoms with Gasteiger partial charge in [0.05, 0.1) is 5.56 Å². The third-order valence-electron chi connectivity index (χ3n) is 5.53. The predicted octanol–water partition coefficient (Wildman–Crippen LogP) is 5.66. The molecule has 35 heavy (non-hydrogen) atoms. The van der Waals surface area contributed by atoms with E-state index >= 15 is 0 Å². The second-order valence-corrected chi connectivity index (χ2v) is 7.98. The third kappa shape index (κ3) is 5.75. The van der Waals surface area contributed by atoms with Crippen LogP contribution in [-0.2, 0) is 19.1 Å². The van der Waals surface area contributed by atoms with E-state index in [1.54, 1.807) is 6.20 Å². The average Bonchev–Trinajstić information content (AvgIpc) is 2.84. The quantitative estimate of drug-likeness (QED) is 0.296. The lowest BCUT2D eigenvalue weighted by Gasteiger charge is -2.15. The van der Waals surface area contributed by atoms with Crippen LogP contribution in [0.3, 0.4) is 0 Å². The molecule has 9 heteroatoms. The minimum absolute atomic E-state index is 0.233. The van der Waals surface area contributed by atoms with Gasteiger partial charge in [-0.25, -0.2) is 14.4 Å². The number of pyridine rings is 2. The highest BCUT2D eigenvalue weighted by atomic mass is 19.4. The van der Waals surface area contributed by atoms with Crippen molar-refractivity contribution in [1.29, 1.82) is 0 Å². The first-order valence-electron chi connectivity index (χ1n) is 10.9. The van der Waals surface area contributed by atoms with Gasteiger partial charge < -0.3 is 16.8 Å². The van der Waals surface area contributed by atoms with Gasteiger partial charge in [-0.3, -0.25) is 0 Å². The van der Waals surface area contributed by atoms with Gasteiger partial charge in [0.1, 0.15) is 17.5 Å². The topological polar surface area (TPSA) is 89.8 Å². The highest BCUT2D eigenvalue weighted by molar-refractivity contribution is 5.76. The van der Waals surface area contributed by atoms with Gasteiger partial charge in [0.15, 0.2) is 0 Å². The van der Waals surface area contributed by atoms with Gasteiger partial charge in [0.2, 0.25) is 0 Å². The van der Waals surface area contributed by atoms with Crippen LogP contribution < -0.4 is 16.8 Å². The summed E-state index contributed by atoms with van der Waals surface area (Å²) in [6.07, 6.45) is -1.43. The minimum atomic E-state index is -4.54. The molecular formula is C26H23F4N5. The Bertz CT molecular complexity index is 1300. The predicted molar refractivity (Wildman–Crippen MR) is 129 cm³/mol. The number of nitrogens with one attached hydrogen (secondary N) is 1. The van der Waals surface area contributed by atoms with Crippen LogP contribution in [0.25, 0.3) is 22.3 Å². The molecule has 0 saturated carbocycles. The van der Waals surface area contributed by atoms with Crippen LogP contribution in [0.2, 0.25) is 0 Å². The summed E-state index contributed by atoms with van der Waals surface area (Å²) in [6.45, 7) is 0.795. The second kappa shape index (κ2) is 10.1. The van der Waals surface area contributed by atoms with Crippen molar-refractivity contribution in [2.45, 2.75) is 19.1 Å². The number of alkyl halides is 3. The van der Waals surface area contributed by atoms with Crippen LogP contribution in [0.5, 0.6) is 0 Å². The third-order valence-corrected chi connectivity index (χ3v) is 5.53. The molecule has 0 bridgehead atoms. The molecule has 0 aliphatic heterocycles. The molecule has 5 nitrogen and oxygen atoms in total. The van der Waals surface area contributed by atoms with Crippen LogP contribution in [0.15, 0.2) is 73.1 Å². The molecule has 2 aromatic carbocycles. The molecule has 0 aliphatic carbocycles. The fourth-order valence-electron chi connectivity index (χ4n) is 3.65. The molecule has 180 valence electrons. The summed E-state index contributed by atoms with van der Waals surface area (Å²) in [6, 6.07) is 15.9. The lowest BCUT2D eigenvalue weighted by atomic mass is 10.0. The van der Waals surface area contributed by atoms with Crippen molar-refractivity contribution in [3.8, 4) is 22.3 Å². The SMILES string of the molecule is NCCc1cc(-c2ccc(CNc3ncc(C(F)(F)F)cc3-c3ccc(F)cc3)cc2)cnc1N. The lowest BCUT2D eigenvalue weighted by molar-refractivity contribution is -0.137. The maximum Gasteiger partial charge on any atom is 0.417 e. The first kappa shape index (κ1) is 24.2. The summed E-state index contributed by atoms with van der Waals surface area (Å²) in [4.78, 5) is 8.24. The number of nitrogens with two attached hydrogens (primary N) is 2. The molecule has 5 N–H and O–H groups in total. The molecule has 0 fully saturated rings. The fraction of sp³-hybridized carbons (Fsp3) is 0.154. The average molecular weight is 481 g/mol. The van der Waals surface area contributed by atoms with E-state index < -0.39 is 17.6 Å². The Morgan fingerprint density at radius 2 is 1.51 bits per heavy atom. The van der Waals surface area contributed by atoms with Crippen LogP contribution in [0.4, 0.5) is 29.2 Å². The molecule has 0 radical (unpaired) electrons. The van der Waals surface area contributed by atoms with Gasteiger partial charge in [-0.15, -0.1) is 0 Å². The Kier molecular flexibility index (Phi) is 6.97. The number of benzene rings is 2. The molecule has 0 unspecified atom stereocenters. The molecule has 0 atom stereocenters. The second-order valence-electron chi connectivity index (χ2n) is 7.98. The largest absolute Gasteiger partial charge is 0.417 e. The van der Waals surface area contributed by atoms with Crippen molar-refractivity contribution in [1.82, 2.24) is 9.97 Å². The summed E-state index contributed by atoms with van der Waals surface area (Å²) < 4.78 is 53.1. The molecule has 0 amide bonds. The van der Waals surface area contributed by atoms with Crippen LogP contribution in [0, 0.1) is 5.82 Å². The Balaban J connectivity index is 1.55. The standard InChI is InChI=1S/C26H23F4N5/c27-22-7-5-18(6-8-22)23-12-21(26(28,29)30)15-35-25(23)34-13-16-1-3-17(4-2-16)20-11-19(9-10-31)24(32)33-14-20/h1-8,11-12,14-15H,9-10,13,31H2,(H2,32,33)(H,34,35). The highest BCUT2D eigenvalue weighted by Gasteiger charge is 2.32. The van der Waals surface area contributed by atoms with Gasteiger partial charge in [-0.2, -0.15) is 13.2 Å².